The second-order valence-corrected chi connectivity index (χ2v) is 8.79. The van der Waals surface area contributed by atoms with E-state index in [4.69, 9.17) is 0 Å². The van der Waals surface area contributed by atoms with Crippen molar-refractivity contribution in [3.63, 3.8) is 0 Å². The summed E-state index contributed by atoms with van der Waals surface area (Å²) < 4.78 is 0. The Balaban J connectivity index is 1.97. The van der Waals surface area contributed by atoms with Crippen LogP contribution in [-0.4, -0.2) is 10.7 Å². The molecule has 0 heterocycles. The summed E-state index contributed by atoms with van der Waals surface area (Å²) in [5, 5.41) is 10.4. The highest BCUT2D eigenvalue weighted by molar-refractivity contribution is 4.83. The van der Waals surface area contributed by atoms with Crippen molar-refractivity contribution in [3.8, 4) is 0 Å². The molecule has 0 aromatic carbocycles. The van der Waals surface area contributed by atoms with Crippen molar-refractivity contribution in [2.24, 2.45) is 17.8 Å². The van der Waals surface area contributed by atoms with Gasteiger partial charge in [0.15, 0.2) is 0 Å². The van der Waals surface area contributed by atoms with Crippen LogP contribution in [0, 0.1) is 17.8 Å². The molecule has 2 atom stereocenters. The highest BCUT2D eigenvalue weighted by Crippen LogP contribution is 2.34. The third-order valence-corrected chi connectivity index (χ3v) is 5.75. The summed E-state index contributed by atoms with van der Waals surface area (Å²) in [5.74, 6) is 2.61. The lowest BCUT2D eigenvalue weighted by molar-refractivity contribution is 0.0352. The van der Waals surface area contributed by atoms with Gasteiger partial charge in [0.2, 0.25) is 0 Å². The predicted octanol–water partition coefficient (Wildman–Crippen LogP) is 6.73. The van der Waals surface area contributed by atoms with Crippen LogP contribution in [0.15, 0.2) is 0 Å². The molecule has 0 aliphatic heterocycles. The van der Waals surface area contributed by atoms with Crippen molar-refractivity contribution < 1.29 is 5.11 Å². The molecule has 0 amide bonds. The molecule has 0 bridgehead atoms. The first kappa shape index (κ1) is 20.0. The minimum Gasteiger partial charge on any atom is -0.390 e. The van der Waals surface area contributed by atoms with E-state index < -0.39 is 0 Å². The van der Waals surface area contributed by atoms with Crippen LogP contribution in [0.4, 0.5) is 0 Å². The molecule has 0 saturated heterocycles. The topological polar surface area (TPSA) is 20.2 Å². The highest BCUT2D eigenvalue weighted by atomic mass is 16.3. The van der Waals surface area contributed by atoms with E-state index in [0.29, 0.717) is 0 Å². The summed E-state index contributed by atoms with van der Waals surface area (Å²) in [7, 11) is 0. The smallest absolute Gasteiger partial charge is 0.0647 e. The third-order valence-electron chi connectivity index (χ3n) is 5.75. The van der Waals surface area contributed by atoms with Gasteiger partial charge in [-0.2, -0.15) is 0 Å². The van der Waals surface area contributed by atoms with Gasteiger partial charge in [-0.05, 0) is 37.0 Å². The Kier molecular flexibility index (Phi) is 9.71. The third kappa shape index (κ3) is 9.18. The van der Waals surface area contributed by atoms with E-state index in [1.165, 1.54) is 64.2 Å². The van der Waals surface area contributed by atoms with Gasteiger partial charge in [-0.1, -0.05) is 91.9 Å². The monoisotopic (exact) mass is 310 g/mol. The second kappa shape index (κ2) is 10.7. The van der Waals surface area contributed by atoms with E-state index in [2.05, 4.69) is 27.7 Å². The lowest BCUT2D eigenvalue weighted by atomic mass is 9.89. The molecule has 0 aromatic heterocycles. The van der Waals surface area contributed by atoms with E-state index in [0.717, 1.165) is 37.0 Å². The van der Waals surface area contributed by atoms with Gasteiger partial charge < -0.3 is 5.11 Å². The predicted molar refractivity (Wildman–Crippen MR) is 98.1 cm³/mol. The van der Waals surface area contributed by atoms with Crippen LogP contribution >= 0.6 is 0 Å². The first-order valence-corrected chi connectivity index (χ1v) is 10.1. The molecule has 132 valence electrons. The van der Waals surface area contributed by atoms with Gasteiger partial charge in [-0.25, -0.2) is 0 Å². The van der Waals surface area contributed by atoms with Crippen molar-refractivity contribution in [2.45, 2.75) is 117 Å². The summed E-state index contributed by atoms with van der Waals surface area (Å²) in [6, 6.07) is 0. The maximum atomic E-state index is 10.4. The zero-order valence-electron chi connectivity index (χ0n) is 15.9. The Labute approximate surface area is 140 Å². The van der Waals surface area contributed by atoms with Crippen LogP contribution in [0.5, 0.6) is 0 Å². The lowest BCUT2D eigenvalue weighted by Crippen LogP contribution is -2.23. The molecule has 1 N–H and O–H groups in total. The first-order valence-electron chi connectivity index (χ1n) is 10.1. The fourth-order valence-corrected chi connectivity index (χ4v) is 4.04. The second-order valence-electron chi connectivity index (χ2n) is 8.79. The summed E-state index contributed by atoms with van der Waals surface area (Å²) in [6.07, 6.45) is 16.6. The molecular weight excluding hydrogens is 268 g/mol. The Hall–Kier alpha value is -0.0400. The first-order chi connectivity index (χ1) is 10.4. The number of hydrogen-bond donors (Lipinski definition) is 1. The molecule has 1 nitrogen and oxygen atoms in total. The molecule has 1 rings (SSSR count). The van der Waals surface area contributed by atoms with Crippen molar-refractivity contribution in [1.29, 1.82) is 0 Å². The Morgan fingerprint density at radius 1 is 0.727 bits per heavy atom. The van der Waals surface area contributed by atoms with Gasteiger partial charge in [0.1, 0.15) is 0 Å². The zero-order valence-corrected chi connectivity index (χ0v) is 15.9. The van der Waals surface area contributed by atoms with Gasteiger partial charge in [0, 0.05) is 0 Å². The minimum absolute atomic E-state index is 0.287. The molecule has 0 spiro atoms. The Bertz CT molecular complexity index is 265. The van der Waals surface area contributed by atoms with E-state index >= 15 is 0 Å². The summed E-state index contributed by atoms with van der Waals surface area (Å²) in [4.78, 5) is 0. The summed E-state index contributed by atoms with van der Waals surface area (Å²) >= 11 is 0. The number of hydrogen-bond acceptors (Lipinski definition) is 1. The van der Waals surface area contributed by atoms with Crippen LogP contribution in [0.25, 0.3) is 0 Å². The average molecular weight is 311 g/mol. The molecule has 1 saturated carbocycles. The fraction of sp³-hybridized carbons (Fsp3) is 1.00. The van der Waals surface area contributed by atoms with Gasteiger partial charge in [-0.3, -0.25) is 0 Å². The van der Waals surface area contributed by atoms with E-state index in [-0.39, 0.29) is 5.60 Å². The zero-order chi connectivity index (χ0) is 16.4. The molecule has 2 unspecified atom stereocenters. The van der Waals surface area contributed by atoms with Crippen LogP contribution < -0.4 is 0 Å². The van der Waals surface area contributed by atoms with Gasteiger partial charge >= 0.3 is 0 Å². The van der Waals surface area contributed by atoms with Crippen LogP contribution in [0.3, 0.4) is 0 Å². The van der Waals surface area contributed by atoms with Gasteiger partial charge in [0.05, 0.1) is 5.60 Å². The van der Waals surface area contributed by atoms with Crippen molar-refractivity contribution in [3.05, 3.63) is 0 Å². The molecule has 1 aliphatic rings. The average Bonchev–Trinajstić information content (AvgIpc) is 2.85. The van der Waals surface area contributed by atoms with Crippen molar-refractivity contribution >= 4 is 0 Å². The maximum absolute atomic E-state index is 10.4. The largest absolute Gasteiger partial charge is 0.390 e. The molecule has 1 aliphatic carbocycles. The van der Waals surface area contributed by atoms with E-state index in [1.54, 1.807) is 0 Å². The number of aliphatic hydroxyl groups is 1. The quantitative estimate of drug-likeness (QED) is 0.423. The minimum atomic E-state index is -0.287. The van der Waals surface area contributed by atoms with E-state index in [9.17, 15) is 5.11 Å². The number of rotatable bonds is 12. The SMILES string of the molecule is CC(C)CCCC(C)CCCC(C)CCCC1(O)CCCC1. The van der Waals surface area contributed by atoms with Crippen LogP contribution in [0.2, 0.25) is 0 Å². The van der Waals surface area contributed by atoms with Crippen molar-refractivity contribution in [2.75, 3.05) is 0 Å². The Morgan fingerprint density at radius 3 is 1.68 bits per heavy atom. The maximum Gasteiger partial charge on any atom is 0.0647 e. The fourth-order valence-electron chi connectivity index (χ4n) is 4.04. The molecule has 0 radical (unpaired) electrons. The molecule has 22 heavy (non-hydrogen) atoms. The Morgan fingerprint density at radius 2 is 1.18 bits per heavy atom. The van der Waals surface area contributed by atoms with Crippen LogP contribution in [-0.2, 0) is 0 Å². The standard InChI is InChI=1S/C21H42O/c1-18(2)10-7-11-19(3)12-8-13-20(4)14-9-17-21(22)15-5-6-16-21/h18-20,22H,5-17H2,1-4H3. The lowest BCUT2D eigenvalue weighted by Gasteiger charge is -2.22. The van der Waals surface area contributed by atoms with Gasteiger partial charge in [0.25, 0.3) is 0 Å². The normalized spacial score (nSPS) is 20.5. The highest BCUT2D eigenvalue weighted by Gasteiger charge is 2.30. The summed E-state index contributed by atoms with van der Waals surface area (Å²) in [6.45, 7) is 9.49. The molecule has 1 fully saturated rings. The van der Waals surface area contributed by atoms with E-state index in [1.807, 2.05) is 0 Å². The van der Waals surface area contributed by atoms with Gasteiger partial charge in [-0.15, -0.1) is 0 Å². The van der Waals surface area contributed by atoms with Crippen molar-refractivity contribution in [1.82, 2.24) is 0 Å². The molecular formula is C21H42O. The molecule has 0 aromatic rings. The van der Waals surface area contributed by atoms with Crippen LogP contribution in [0.1, 0.15) is 111 Å². The summed E-state index contributed by atoms with van der Waals surface area (Å²) in [5.41, 5.74) is -0.287. The molecule has 1 heteroatoms.